The molecule has 0 heterocycles. The molecule has 2 aliphatic carbocycles. The van der Waals surface area contributed by atoms with Crippen molar-refractivity contribution in [2.24, 2.45) is 5.92 Å². The van der Waals surface area contributed by atoms with Gasteiger partial charge in [0.1, 0.15) is 0 Å². The fourth-order valence-corrected chi connectivity index (χ4v) is 3.23. The molecule has 0 amide bonds. The van der Waals surface area contributed by atoms with Crippen LogP contribution in [-0.2, 0) is 0 Å². The summed E-state index contributed by atoms with van der Waals surface area (Å²) in [7, 11) is 0. The minimum absolute atomic E-state index is 0.437. The lowest BCUT2D eigenvalue weighted by atomic mass is 9.76. The van der Waals surface area contributed by atoms with Gasteiger partial charge in [0.15, 0.2) is 0 Å². The molecule has 19 heavy (non-hydrogen) atoms. The van der Waals surface area contributed by atoms with E-state index in [-0.39, 0.29) is 0 Å². The maximum absolute atomic E-state index is 2.36. The fourth-order valence-electron chi connectivity index (χ4n) is 2.73. The normalized spacial score (nSPS) is 24.3. The molecular formula is C18H22S. The molecule has 0 radical (unpaired) electrons. The highest BCUT2D eigenvalue weighted by Crippen LogP contribution is 2.38. The summed E-state index contributed by atoms with van der Waals surface area (Å²) in [5, 5.41) is 0. The molecule has 1 atom stereocenters. The van der Waals surface area contributed by atoms with Crippen molar-refractivity contribution in [2.45, 2.75) is 20.3 Å². The van der Waals surface area contributed by atoms with Crippen LogP contribution in [0.4, 0.5) is 0 Å². The van der Waals surface area contributed by atoms with Crippen LogP contribution >= 0.6 is 11.8 Å². The Bertz CT molecular complexity index is 510. The molecule has 0 saturated heterocycles. The van der Waals surface area contributed by atoms with Crippen molar-refractivity contribution in [3.05, 3.63) is 70.9 Å². The molecule has 0 fully saturated rings. The molecule has 0 spiro atoms. The van der Waals surface area contributed by atoms with E-state index in [4.69, 9.17) is 0 Å². The summed E-state index contributed by atoms with van der Waals surface area (Å²) in [5.74, 6) is 1.52. The average molecular weight is 270 g/mol. The minimum Gasteiger partial charge on any atom is -0.161 e. The molecule has 0 bridgehead atoms. The molecule has 0 N–H and O–H groups in total. The lowest BCUT2D eigenvalue weighted by Crippen LogP contribution is -2.14. The summed E-state index contributed by atoms with van der Waals surface area (Å²) in [4.78, 5) is 0. The first-order valence-electron chi connectivity index (χ1n) is 6.92. The summed E-state index contributed by atoms with van der Waals surface area (Å²) in [6.45, 7) is 4.30. The van der Waals surface area contributed by atoms with Crippen molar-refractivity contribution >= 4 is 11.8 Å². The third-order valence-corrected chi connectivity index (χ3v) is 4.01. The molecule has 0 aromatic heterocycles. The highest BCUT2D eigenvalue weighted by atomic mass is 32.2. The van der Waals surface area contributed by atoms with Crippen molar-refractivity contribution in [2.75, 3.05) is 12.0 Å². The van der Waals surface area contributed by atoms with Gasteiger partial charge in [0, 0.05) is 11.7 Å². The van der Waals surface area contributed by atoms with Gasteiger partial charge >= 0.3 is 0 Å². The first kappa shape index (κ1) is 14.2. The number of allylic oxidation sites excluding steroid dienone is 11. The molecule has 2 aliphatic rings. The second kappa shape index (κ2) is 6.81. The summed E-state index contributed by atoms with van der Waals surface area (Å²) in [6, 6.07) is 0. The van der Waals surface area contributed by atoms with E-state index in [2.05, 4.69) is 68.7 Å². The summed E-state index contributed by atoms with van der Waals surface area (Å²) >= 11 is 1.88. The number of hydrogen-bond donors (Lipinski definition) is 0. The minimum atomic E-state index is 0.437. The van der Waals surface area contributed by atoms with Crippen LogP contribution in [0.3, 0.4) is 0 Å². The maximum Gasteiger partial charge on any atom is 0.0336 e. The molecule has 2 rings (SSSR count). The highest BCUT2D eigenvalue weighted by Gasteiger charge is 2.24. The number of rotatable bonds is 4. The second-order valence-corrected chi connectivity index (χ2v) is 5.73. The second-order valence-electron chi connectivity index (χ2n) is 4.87. The van der Waals surface area contributed by atoms with Crippen LogP contribution < -0.4 is 0 Å². The van der Waals surface area contributed by atoms with Crippen molar-refractivity contribution in [3.8, 4) is 0 Å². The third kappa shape index (κ3) is 3.22. The molecule has 0 aliphatic heterocycles. The van der Waals surface area contributed by atoms with Gasteiger partial charge in [-0.2, -0.15) is 11.8 Å². The van der Waals surface area contributed by atoms with Gasteiger partial charge in [0.25, 0.3) is 0 Å². The summed E-state index contributed by atoms with van der Waals surface area (Å²) in [6.07, 6.45) is 21.4. The first-order valence-corrected chi connectivity index (χ1v) is 8.31. The zero-order chi connectivity index (χ0) is 13.7. The van der Waals surface area contributed by atoms with Gasteiger partial charge in [-0.25, -0.2) is 0 Å². The van der Waals surface area contributed by atoms with Gasteiger partial charge in [0.2, 0.25) is 0 Å². The van der Waals surface area contributed by atoms with E-state index in [1.807, 2.05) is 11.8 Å². The van der Waals surface area contributed by atoms with E-state index in [1.54, 1.807) is 0 Å². The largest absolute Gasteiger partial charge is 0.161 e. The fraction of sp³-hybridized carbons (Fsp3) is 0.333. The van der Waals surface area contributed by atoms with Crippen LogP contribution in [0.25, 0.3) is 0 Å². The van der Waals surface area contributed by atoms with Crippen LogP contribution in [0, 0.1) is 5.92 Å². The topological polar surface area (TPSA) is 0 Å². The smallest absolute Gasteiger partial charge is 0.0336 e. The lowest BCUT2D eigenvalue weighted by molar-refractivity contribution is 0.870. The van der Waals surface area contributed by atoms with E-state index < -0.39 is 0 Å². The van der Waals surface area contributed by atoms with Crippen molar-refractivity contribution in [3.63, 3.8) is 0 Å². The molecule has 0 aromatic carbocycles. The van der Waals surface area contributed by atoms with Gasteiger partial charge in [-0.15, -0.1) is 0 Å². The molecule has 0 aromatic rings. The van der Waals surface area contributed by atoms with Crippen LogP contribution in [0.1, 0.15) is 20.3 Å². The number of hydrogen-bond acceptors (Lipinski definition) is 1. The van der Waals surface area contributed by atoms with E-state index in [1.165, 1.54) is 22.3 Å². The molecule has 0 nitrogen and oxygen atoms in total. The van der Waals surface area contributed by atoms with Gasteiger partial charge in [-0.05, 0) is 41.9 Å². The molecule has 100 valence electrons. The summed E-state index contributed by atoms with van der Waals surface area (Å²) < 4.78 is 0. The predicted molar refractivity (Wildman–Crippen MR) is 88.4 cm³/mol. The van der Waals surface area contributed by atoms with Crippen molar-refractivity contribution < 1.29 is 0 Å². The molecular weight excluding hydrogens is 248 g/mol. The van der Waals surface area contributed by atoms with E-state index in [0.717, 1.165) is 12.2 Å². The van der Waals surface area contributed by atoms with Crippen LogP contribution in [0.15, 0.2) is 70.9 Å². The monoisotopic (exact) mass is 270 g/mol. The lowest BCUT2D eigenvalue weighted by Gasteiger charge is -2.28. The Morgan fingerprint density at radius 2 is 2.16 bits per heavy atom. The quantitative estimate of drug-likeness (QED) is 0.673. The standard InChI is InChI=1S/C18H22S/c1-4-7-15-9-6-10-17-12-14(13-19-3)11-16(8-5-2)18(15)17/h5-12,18H,4,13H2,1-3H3/b8-5+,15-7-. The van der Waals surface area contributed by atoms with Gasteiger partial charge < -0.3 is 0 Å². The Morgan fingerprint density at radius 3 is 2.84 bits per heavy atom. The third-order valence-electron chi connectivity index (χ3n) is 3.39. The SMILES string of the molecule is C/C=C/C1=CC(CSC)=CC2=CC=C/C(=C/CC)C21. The highest BCUT2D eigenvalue weighted by molar-refractivity contribution is 7.98. The zero-order valence-corrected chi connectivity index (χ0v) is 12.8. The maximum atomic E-state index is 2.36. The number of thioether (sulfide) groups is 1. The van der Waals surface area contributed by atoms with Crippen molar-refractivity contribution in [1.82, 2.24) is 0 Å². The van der Waals surface area contributed by atoms with Gasteiger partial charge in [-0.3, -0.25) is 0 Å². The van der Waals surface area contributed by atoms with Gasteiger partial charge in [0.05, 0.1) is 0 Å². The molecule has 0 saturated carbocycles. The number of fused-ring (bicyclic) bond motifs is 1. The van der Waals surface area contributed by atoms with Crippen LogP contribution in [0.2, 0.25) is 0 Å². The Kier molecular flexibility index (Phi) is 5.09. The Labute approximate surface area is 121 Å². The Hall–Kier alpha value is -1.21. The average Bonchev–Trinajstić information content (AvgIpc) is 2.40. The molecule has 1 unspecified atom stereocenters. The van der Waals surface area contributed by atoms with Crippen molar-refractivity contribution in [1.29, 1.82) is 0 Å². The van der Waals surface area contributed by atoms with E-state index in [9.17, 15) is 0 Å². The first-order chi connectivity index (χ1) is 9.30. The van der Waals surface area contributed by atoms with E-state index in [0.29, 0.717) is 5.92 Å². The van der Waals surface area contributed by atoms with Crippen LogP contribution in [0.5, 0.6) is 0 Å². The Morgan fingerprint density at radius 1 is 1.32 bits per heavy atom. The van der Waals surface area contributed by atoms with E-state index >= 15 is 0 Å². The summed E-state index contributed by atoms with van der Waals surface area (Å²) in [5.41, 5.74) is 5.71. The molecule has 1 heteroatoms. The Balaban J connectivity index is 2.43. The van der Waals surface area contributed by atoms with Crippen LogP contribution in [-0.4, -0.2) is 12.0 Å². The predicted octanol–water partition coefficient (Wildman–Crippen LogP) is 5.24. The zero-order valence-electron chi connectivity index (χ0n) is 12.0. The van der Waals surface area contributed by atoms with Gasteiger partial charge in [-0.1, -0.05) is 55.5 Å².